The van der Waals surface area contributed by atoms with Gasteiger partial charge in [-0.3, -0.25) is 29.0 Å². The molecule has 4 fully saturated rings. The van der Waals surface area contributed by atoms with Crippen LogP contribution in [0, 0.1) is 0 Å². The van der Waals surface area contributed by atoms with Crippen molar-refractivity contribution in [3.63, 3.8) is 0 Å². The van der Waals surface area contributed by atoms with Gasteiger partial charge in [-0.05, 0) is 112 Å². The number of carbonyl (C=O) groups is 8. The average Bonchev–Trinajstić information content (AvgIpc) is 1.50. The minimum atomic E-state index is -3.67. The van der Waals surface area contributed by atoms with Crippen LogP contribution in [0.2, 0.25) is 35.5 Å². The summed E-state index contributed by atoms with van der Waals surface area (Å²) >= 11 is -1.53. The van der Waals surface area contributed by atoms with Crippen molar-refractivity contribution in [2.75, 3.05) is 80.5 Å². The fourth-order valence-electron chi connectivity index (χ4n) is 26.2. The van der Waals surface area contributed by atoms with Crippen LogP contribution < -0.4 is 7.16 Å². The molecule has 0 aromatic heterocycles. The number of carbonyl (C=O) groups excluding carboxylic acids is 8. The van der Waals surface area contributed by atoms with Crippen molar-refractivity contribution in [2.24, 2.45) is 0 Å². The van der Waals surface area contributed by atoms with Crippen molar-refractivity contribution < 1.29 is 38.4 Å². The second-order valence-electron chi connectivity index (χ2n) is 44.2. The number of piperidine rings is 4. The van der Waals surface area contributed by atoms with Crippen LogP contribution in [0.4, 0.5) is 0 Å². The van der Waals surface area contributed by atoms with Gasteiger partial charge in [0, 0.05) is 224 Å². The first-order chi connectivity index (χ1) is 70.6. The van der Waals surface area contributed by atoms with Crippen LogP contribution in [0.25, 0.3) is 86.2 Å². The zero-order valence-corrected chi connectivity index (χ0v) is 99.7. The molecule has 9 heterocycles. The summed E-state index contributed by atoms with van der Waals surface area (Å²) in [5.41, 5.74) is 4.82. The molecule has 9 aliphatic rings. The van der Waals surface area contributed by atoms with Gasteiger partial charge in [-0.15, -0.1) is 0 Å². The molecule has 0 N–H and O–H groups in total. The van der Waals surface area contributed by atoms with Gasteiger partial charge in [0.15, 0.2) is 0 Å². The number of unbranched alkanes of at least 4 members (excludes halogenated alkanes) is 8. The van der Waals surface area contributed by atoms with Crippen LogP contribution in [0.3, 0.4) is 0 Å². The summed E-state index contributed by atoms with van der Waals surface area (Å²) in [6.07, 6.45) is 20.2. The number of rotatable bonds is 38. The molecular formula is C104H133B23BrN8O8Sn3. The molecule has 0 atom stereocenters. The molecule has 0 spiro atoms. The topological polar surface area (TPSA) is 162 Å². The van der Waals surface area contributed by atoms with Gasteiger partial charge < -0.3 is 9.80 Å². The molecule has 0 unspecified atom stereocenters. The van der Waals surface area contributed by atoms with Gasteiger partial charge in [0.25, 0.3) is 23.6 Å². The number of likely N-dealkylation sites (tertiary alicyclic amines) is 4. The molecule has 19 rings (SSSR count). The number of benzene rings is 10. The van der Waals surface area contributed by atoms with E-state index in [0.29, 0.717) is 55.3 Å². The molecule has 4 saturated heterocycles. The molecule has 9 aliphatic heterocycles. The van der Waals surface area contributed by atoms with Crippen molar-refractivity contribution in [3.05, 3.63) is 128 Å². The van der Waals surface area contributed by atoms with Crippen molar-refractivity contribution in [1.29, 1.82) is 0 Å². The van der Waals surface area contributed by atoms with E-state index in [1.54, 1.807) is 36.4 Å². The third kappa shape index (κ3) is 23.2. The Kier molecular flexibility index (Phi) is 41.0. The molecule has 0 aliphatic carbocycles. The van der Waals surface area contributed by atoms with Crippen LogP contribution in [0.1, 0.15) is 292 Å². The van der Waals surface area contributed by atoms with Gasteiger partial charge in [-0.2, -0.15) is 0 Å². The second-order valence-corrected chi connectivity index (χ2v) is 74.3. The zero-order chi connectivity index (χ0) is 106. The summed E-state index contributed by atoms with van der Waals surface area (Å²) in [4.78, 5) is 130. The Morgan fingerprint density at radius 2 is 0.524 bits per heavy atom. The predicted octanol–water partition coefficient (Wildman–Crippen LogP) is 13.5. The third-order valence-electron chi connectivity index (χ3n) is 34.3. The van der Waals surface area contributed by atoms with E-state index in [0.717, 1.165) is 207 Å². The molecule has 10 aromatic rings. The summed E-state index contributed by atoms with van der Waals surface area (Å²) in [7, 11) is 79.7. The number of hydrogen-bond donors (Lipinski definition) is 0. The number of fused-ring (bicyclic) bond motifs is 3. The van der Waals surface area contributed by atoms with E-state index >= 15 is 0 Å². The van der Waals surface area contributed by atoms with E-state index < -0.39 is 122 Å². The van der Waals surface area contributed by atoms with Gasteiger partial charge in [0.1, 0.15) is 0 Å². The Hall–Kier alpha value is -4.43. The molecule has 27 radical (unpaired) electrons. The van der Waals surface area contributed by atoms with Crippen molar-refractivity contribution >= 4 is 378 Å². The number of imide groups is 4. The normalized spacial score (nSPS) is 17.3. The summed E-state index contributed by atoms with van der Waals surface area (Å²) in [6, 6.07) is 25.5. The van der Waals surface area contributed by atoms with Gasteiger partial charge in [0.2, 0.25) is 0 Å². The van der Waals surface area contributed by atoms with E-state index in [9.17, 15) is 38.4 Å². The second kappa shape index (κ2) is 51.7. The Morgan fingerprint density at radius 3 is 0.776 bits per heavy atom. The van der Waals surface area contributed by atoms with Crippen LogP contribution >= 0.6 is 15.9 Å². The van der Waals surface area contributed by atoms with Gasteiger partial charge in [0.05, 0.1) is 0 Å². The fourth-order valence-corrected chi connectivity index (χ4v) is 62.4. The van der Waals surface area contributed by atoms with E-state index in [1.165, 1.54) is 112 Å². The van der Waals surface area contributed by atoms with Gasteiger partial charge >= 0.3 is 501 Å². The predicted molar refractivity (Wildman–Crippen MR) is 654 cm³/mol. The third-order valence-corrected chi connectivity index (χ3v) is 68.2. The van der Waals surface area contributed by atoms with Crippen LogP contribution in [-0.2, 0) is 0 Å². The minimum absolute atomic E-state index is 0.111. The standard InChI is InChI=1S/C36H31BrN4O4.C36H30N4O4.8C4H9.B23.3Sn/c1-38-13-9-18(10-14-38)40-33(42)23-6-3-20-21-4-7-25-30-26(36(45)41(35(25)44)19-11-15-39(2)16-12-19)17-27(37)31(32(21)30)22-5-8-24(34(40)43)29(23)28(20)22;1-37-15-11-19(12-16-37)39-33(41)25-7-3-21-23-5-9-27-32-28(36(44)40(35(27)43)20-13-17-38(2)18-14-20)10-6-24(30(23)32)22-4-8-26(34(39)42)31(25)29(21)22;8*1-3-4-2;1-13-19(12)22(18(10)11)23(20(14(2)3)15(4)5)21(16(6)7)17(8)9;;;/h3-8,17-19H,9-16H2,1-2H3;3,5,7-10,19-20H,11-18H2,1-2H3;8*1,3-4H2,2H3;;;;. The van der Waals surface area contributed by atoms with Crippen molar-refractivity contribution in [1.82, 2.24) is 39.2 Å². The molecule has 0 bridgehead atoms. The molecule has 8 amide bonds. The van der Waals surface area contributed by atoms with Crippen LogP contribution in [0.15, 0.2) is 83.3 Å². The Balaban J connectivity index is 0.000000155. The Morgan fingerprint density at radius 1 is 0.293 bits per heavy atom. The first kappa shape index (κ1) is 117. The van der Waals surface area contributed by atoms with Crippen LogP contribution in [0.5, 0.6) is 0 Å². The number of amides is 8. The molecular weight excluding hydrogens is 2170 g/mol. The van der Waals surface area contributed by atoms with Gasteiger partial charge in [-0.25, -0.2) is 0 Å². The number of halogens is 1. The van der Waals surface area contributed by atoms with Crippen molar-refractivity contribution in [3.8, 4) is 0 Å². The first-order valence-corrected chi connectivity index (χ1v) is 75.4. The summed E-state index contributed by atoms with van der Waals surface area (Å²) in [5, 5.41) is 14.8. The maximum absolute atomic E-state index is 14.9. The Bertz CT molecular complexity index is 6170. The minimum Gasteiger partial charge on any atom is -0.306 e. The molecule has 43 heteroatoms. The molecule has 16 nitrogen and oxygen atoms in total. The molecule has 0 saturated carbocycles. The summed E-state index contributed by atoms with van der Waals surface area (Å²) in [6.45, 7) is 25.4. The first-order valence-electron chi connectivity index (χ1n) is 55.6. The van der Waals surface area contributed by atoms with E-state index in [4.69, 9.17) is 92.8 Å². The SMILES string of the molecule is CCC[CH2][Sn]([CH2]CCC)[CH2]CCC.CCC[CH2][Sn]([CH2]CCC)[CH2]CCC.CCC[CH2][Sn]1([CH2]CCC)[c]2cc3c4c(ccc5c6ccc7c8c(c[c]1c(c2c45)c86)C(=O)N(C1CCN(C)CC1)C7=O)C(=O)N(C1CCN(C)CC1)C3=O.CN1CCC(N2C(=O)c3ccc4c5ccc6c7c(cc(Br)c(c8ccc(c3c48)C2=O)c75)C(=O)N(C2CCN(C)CC2)C6=O)CC1.[B][B]B([B])B(B([B])[B])B(B(B([B])[B])B([B])[B])B(B([B])[B])B([B])[B]. The molecule has 10 aromatic carbocycles. The maximum Gasteiger partial charge on any atom is 0.261 e. The zero-order valence-electron chi connectivity index (χ0n) is 89.6. The van der Waals surface area contributed by atoms with Gasteiger partial charge in [-0.1, -0.05) is 34.1 Å². The molecule has 725 valence electrons. The van der Waals surface area contributed by atoms with Crippen LogP contribution in [-0.4, -0.2) is 413 Å². The maximum atomic E-state index is 14.9. The summed E-state index contributed by atoms with van der Waals surface area (Å²) in [5.74, 6) is -1.56. The average molecular weight is 2310 g/mol. The fraction of sp³-hybridized carbons (Fsp3) is 0.538. The van der Waals surface area contributed by atoms with E-state index in [1.807, 2.05) is 54.6 Å². The monoisotopic (exact) mass is 2310 g/mol. The number of hydrogen-bond acceptors (Lipinski definition) is 12. The largest absolute Gasteiger partial charge is 0.306 e. The summed E-state index contributed by atoms with van der Waals surface area (Å²) < 4.78 is 15.8. The van der Waals surface area contributed by atoms with Crippen molar-refractivity contribution in [2.45, 2.75) is 269 Å². The number of nitrogens with zero attached hydrogens (tertiary/aromatic N) is 8. The smallest absolute Gasteiger partial charge is 0.261 e. The quantitative estimate of drug-likeness (QED) is 0.0156. The molecule has 147 heavy (non-hydrogen) atoms. The van der Waals surface area contributed by atoms with E-state index in [2.05, 4.69) is 143 Å². The van der Waals surface area contributed by atoms with E-state index in [-0.39, 0.29) is 71.4 Å². The Labute approximate surface area is 924 Å².